The van der Waals surface area contributed by atoms with Gasteiger partial charge in [-0.1, -0.05) is 12.1 Å². The van der Waals surface area contributed by atoms with Crippen LogP contribution in [-0.2, 0) is 4.74 Å². The van der Waals surface area contributed by atoms with Gasteiger partial charge in [-0.25, -0.2) is 4.79 Å². The van der Waals surface area contributed by atoms with Crippen LogP contribution in [0.1, 0.15) is 25.8 Å². The van der Waals surface area contributed by atoms with Crippen LogP contribution in [0.5, 0.6) is 0 Å². The molecular formula is C26H33F3N4O4. The maximum absolute atomic E-state index is 12.6. The number of anilines is 2. The van der Waals surface area contributed by atoms with Crippen LogP contribution in [0.25, 0.3) is 11.1 Å². The van der Waals surface area contributed by atoms with E-state index in [2.05, 4.69) is 10.3 Å². The highest BCUT2D eigenvalue weighted by Crippen LogP contribution is 2.29. The van der Waals surface area contributed by atoms with Crippen molar-refractivity contribution in [1.82, 2.24) is 9.88 Å². The number of benzene rings is 1. The number of nitrogens with one attached hydrogen (secondary N) is 2. The summed E-state index contributed by atoms with van der Waals surface area (Å²) in [6, 6.07) is 8.26. The lowest BCUT2D eigenvalue weighted by molar-refractivity contribution is -0.127. The van der Waals surface area contributed by atoms with Crippen LogP contribution in [0.15, 0.2) is 46.8 Å². The third kappa shape index (κ3) is 8.64. The van der Waals surface area contributed by atoms with Crippen molar-refractivity contribution >= 4 is 17.5 Å². The molecule has 1 fully saturated rings. The Morgan fingerprint density at radius 1 is 1.19 bits per heavy atom. The highest BCUT2D eigenvalue weighted by molar-refractivity contribution is 5.91. The Labute approximate surface area is 213 Å². The van der Waals surface area contributed by atoms with Gasteiger partial charge in [0.1, 0.15) is 5.82 Å². The number of carbonyl (C=O) groups is 1. The number of aliphatic hydroxyl groups is 1. The van der Waals surface area contributed by atoms with Crippen LogP contribution in [0, 0.1) is 6.92 Å². The molecule has 2 aromatic rings. The predicted octanol–water partition coefficient (Wildman–Crippen LogP) is 4.30. The fraction of sp³-hybridized carbons (Fsp3) is 0.462. The molecular weight excluding hydrogens is 489 g/mol. The minimum Gasteiger partial charge on any atom is -0.394 e. The van der Waals surface area contributed by atoms with Gasteiger partial charge in [0.15, 0.2) is 0 Å². The number of aromatic nitrogens is 1. The highest BCUT2D eigenvalue weighted by atomic mass is 19.4. The molecule has 11 heteroatoms. The standard InChI is InChI=1S/C23H25F3N4O3.C3H8O/c1-15-2-3-18(27-22(32)30-5-4-16(14-30)13-23(24,25)26)12-19(15)17-10-20(28-21(31)11-17)29-6-8-33-9-7-29;1-3(2)4/h2-4,10-12H,5-9,13-14H2,1H3,(H,27,32)(H,28,31);3-4H,1-2H3. The van der Waals surface area contributed by atoms with E-state index in [1.165, 1.54) is 17.0 Å². The minimum absolute atomic E-state index is 0.0545. The van der Waals surface area contributed by atoms with Crippen molar-refractivity contribution in [2.75, 3.05) is 49.6 Å². The minimum atomic E-state index is -4.29. The Balaban J connectivity index is 0.000000886. The average molecular weight is 523 g/mol. The van der Waals surface area contributed by atoms with E-state index in [-0.39, 0.29) is 30.3 Å². The molecule has 202 valence electrons. The van der Waals surface area contributed by atoms with Crippen LogP contribution in [0.3, 0.4) is 0 Å². The second-order valence-corrected chi connectivity index (χ2v) is 9.31. The van der Waals surface area contributed by atoms with E-state index >= 15 is 0 Å². The molecule has 0 spiro atoms. The number of aromatic amines is 1. The number of H-pyrrole nitrogens is 1. The summed E-state index contributed by atoms with van der Waals surface area (Å²) in [7, 11) is 0. The Morgan fingerprint density at radius 3 is 2.51 bits per heavy atom. The first kappa shape index (κ1) is 28.3. The van der Waals surface area contributed by atoms with Gasteiger partial charge in [-0.3, -0.25) is 4.79 Å². The molecule has 4 rings (SSSR count). The van der Waals surface area contributed by atoms with Crippen molar-refractivity contribution < 1.29 is 27.8 Å². The topological polar surface area (TPSA) is 97.9 Å². The van der Waals surface area contributed by atoms with Crippen LogP contribution >= 0.6 is 0 Å². The third-order valence-corrected chi connectivity index (χ3v) is 5.69. The first-order valence-corrected chi connectivity index (χ1v) is 12.1. The summed E-state index contributed by atoms with van der Waals surface area (Å²) in [5, 5.41) is 10.8. The van der Waals surface area contributed by atoms with E-state index in [1.54, 1.807) is 26.0 Å². The molecule has 3 heterocycles. The van der Waals surface area contributed by atoms with Gasteiger partial charge in [-0.05, 0) is 61.2 Å². The zero-order valence-electron chi connectivity index (χ0n) is 21.2. The number of carbonyl (C=O) groups excluding carboxylic acids is 1. The van der Waals surface area contributed by atoms with Gasteiger partial charge < -0.3 is 29.9 Å². The lowest BCUT2D eigenvalue weighted by Gasteiger charge is -2.28. The van der Waals surface area contributed by atoms with Crippen LogP contribution < -0.4 is 15.8 Å². The normalized spacial score (nSPS) is 15.8. The van der Waals surface area contributed by atoms with E-state index in [0.717, 1.165) is 11.1 Å². The molecule has 0 saturated carbocycles. The number of aryl methyl sites for hydroxylation is 1. The van der Waals surface area contributed by atoms with Crippen molar-refractivity contribution in [1.29, 1.82) is 0 Å². The van der Waals surface area contributed by atoms with Gasteiger partial charge in [0.25, 0.3) is 0 Å². The number of nitrogens with zero attached hydrogens (tertiary/aromatic N) is 2. The molecule has 0 aliphatic carbocycles. The fourth-order valence-electron chi connectivity index (χ4n) is 4.03. The Hall–Kier alpha value is -3.31. The number of pyridine rings is 1. The number of morpholine rings is 1. The molecule has 8 nitrogen and oxygen atoms in total. The molecule has 2 amide bonds. The SMILES string of the molecule is CC(C)O.Cc1ccc(NC(=O)N2CC=C(CC(F)(F)F)C2)cc1-c1cc(N2CCOCC2)[nH]c(=O)c1. The number of amides is 2. The van der Waals surface area contributed by atoms with Gasteiger partial charge in [-0.15, -0.1) is 0 Å². The van der Waals surface area contributed by atoms with Gasteiger partial charge in [0, 0.05) is 44.0 Å². The summed E-state index contributed by atoms with van der Waals surface area (Å²) < 4.78 is 43.2. The summed E-state index contributed by atoms with van der Waals surface area (Å²) >= 11 is 0. The summed E-state index contributed by atoms with van der Waals surface area (Å²) in [5.41, 5.74) is 2.86. The van der Waals surface area contributed by atoms with E-state index < -0.39 is 18.6 Å². The molecule has 37 heavy (non-hydrogen) atoms. The van der Waals surface area contributed by atoms with E-state index in [0.29, 0.717) is 43.4 Å². The second kappa shape index (κ2) is 12.3. The molecule has 1 aromatic carbocycles. The zero-order chi connectivity index (χ0) is 27.2. The molecule has 0 bridgehead atoms. The Kier molecular flexibility index (Phi) is 9.39. The second-order valence-electron chi connectivity index (χ2n) is 9.31. The largest absolute Gasteiger partial charge is 0.394 e. The molecule has 0 unspecified atom stereocenters. The quantitative estimate of drug-likeness (QED) is 0.521. The maximum atomic E-state index is 12.6. The molecule has 2 aliphatic heterocycles. The van der Waals surface area contributed by atoms with Crippen molar-refractivity contribution in [2.45, 2.75) is 39.5 Å². The monoisotopic (exact) mass is 522 g/mol. The number of halogens is 3. The summed E-state index contributed by atoms with van der Waals surface area (Å²) in [6.07, 6.45) is -4.03. The maximum Gasteiger partial charge on any atom is 0.392 e. The van der Waals surface area contributed by atoms with Crippen molar-refractivity contribution in [2.24, 2.45) is 0 Å². The highest BCUT2D eigenvalue weighted by Gasteiger charge is 2.32. The molecule has 1 saturated heterocycles. The van der Waals surface area contributed by atoms with Crippen LogP contribution in [0.2, 0.25) is 0 Å². The number of hydrogen-bond donors (Lipinski definition) is 3. The number of rotatable bonds is 4. The predicted molar refractivity (Wildman–Crippen MR) is 137 cm³/mol. The Morgan fingerprint density at radius 2 is 1.86 bits per heavy atom. The molecule has 0 atom stereocenters. The Bertz CT molecular complexity index is 1170. The number of aliphatic hydroxyl groups excluding tert-OH is 1. The first-order valence-electron chi connectivity index (χ1n) is 12.1. The lowest BCUT2D eigenvalue weighted by Crippen LogP contribution is -2.37. The number of alkyl halides is 3. The molecule has 3 N–H and O–H groups in total. The van der Waals surface area contributed by atoms with Crippen LogP contribution in [-0.4, -0.2) is 72.7 Å². The summed E-state index contributed by atoms with van der Waals surface area (Å²) in [6.45, 7) is 7.95. The molecule has 1 aromatic heterocycles. The molecule has 2 aliphatic rings. The van der Waals surface area contributed by atoms with E-state index in [9.17, 15) is 22.8 Å². The first-order chi connectivity index (χ1) is 17.4. The number of hydrogen-bond acceptors (Lipinski definition) is 5. The average Bonchev–Trinajstić information content (AvgIpc) is 3.27. The summed E-state index contributed by atoms with van der Waals surface area (Å²) in [4.78, 5) is 31.2. The van der Waals surface area contributed by atoms with Gasteiger partial charge in [-0.2, -0.15) is 13.2 Å². The van der Waals surface area contributed by atoms with Gasteiger partial charge in [0.05, 0.1) is 19.6 Å². The molecule has 0 radical (unpaired) electrons. The van der Waals surface area contributed by atoms with Crippen LogP contribution in [0.4, 0.5) is 29.5 Å². The lowest BCUT2D eigenvalue weighted by atomic mass is 10.0. The fourth-order valence-corrected chi connectivity index (χ4v) is 4.03. The third-order valence-electron chi connectivity index (χ3n) is 5.69. The number of urea groups is 1. The van der Waals surface area contributed by atoms with Crippen molar-refractivity contribution in [3.63, 3.8) is 0 Å². The summed E-state index contributed by atoms with van der Waals surface area (Å²) in [5.74, 6) is 0.704. The smallest absolute Gasteiger partial charge is 0.392 e. The van der Waals surface area contributed by atoms with Gasteiger partial charge >= 0.3 is 12.2 Å². The van der Waals surface area contributed by atoms with Crippen molar-refractivity contribution in [3.05, 3.63) is 57.9 Å². The number of ether oxygens (including phenoxy) is 1. The van der Waals surface area contributed by atoms with E-state index in [4.69, 9.17) is 9.84 Å². The zero-order valence-corrected chi connectivity index (χ0v) is 21.2. The van der Waals surface area contributed by atoms with E-state index in [1.807, 2.05) is 24.0 Å². The van der Waals surface area contributed by atoms with Gasteiger partial charge in [0.2, 0.25) is 5.56 Å². The van der Waals surface area contributed by atoms with Crippen molar-refractivity contribution in [3.8, 4) is 11.1 Å².